The fourth-order valence-electron chi connectivity index (χ4n) is 0.283. The van der Waals surface area contributed by atoms with E-state index in [-0.39, 0.29) is 19.3 Å². The van der Waals surface area contributed by atoms with Crippen molar-refractivity contribution in [1.29, 1.82) is 0 Å². The van der Waals surface area contributed by atoms with Crippen LogP contribution >= 0.6 is 0 Å². The molecule has 4 nitrogen and oxygen atoms in total. The number of hydrogen-bond acceptors (Lipinski definition) is 4. The van der Waals surface area contributed by atoms with Crippen LogP contribution in [0.1, 0.15) is 20.3 Å². The fraction of sp³-hybridized carbons (Fsp3) is 1.00. The summed E-state index contributed by atoms with van der Waals surface area (Å²) in [6, 6.07) is 0. The van der Waals surface area contributed by atoms with Gasteiger partial charge in [-0.2, -0.15) is 0 Å². The van der Waals surface area contributed by atoms with Gasteiger partial charge < -0.3 is 20.6 Å². The Balaban J connectivity index is 0. The molecule has 0 saturated carbocycles. The minimum absolute atomic E-state index is 0.116. The smallest absolute Gasteiger partial charge is 0.0555 e. The largest absolute Gasteiger partial charge is 0.395 e. The Kier molecular flexibility index (Phi) is 16.1. The number of nitrogens with one attached hydrogen (secondary N) is 1. The van der Waals surface area contributed by atoms with Crippen molar-refractivity contribution in [2.75, 3.05) is 26.3 Å². The summed E-state index contributed by atoms with van der Waals surface area (Å²) < 4.78 is 0. The van der Waals surface area contributed by atoms with E-state index in [1.54, 1.807) is 6.92 Å². The molecule has 12 heavy (non-hydrogen) atoms. The second kappa shape index (κ2) is 13.4. The molecule has 0 radical (unpaired) electrons. The average Bonchev–Trinajstić information content (AvgIpc) is 2.07. The average molecular weight is 179 g/mol. The number of aliphatic hydroxyl groups excluding tert-OH is 3. The van der Waals surface area contributed by atoms with Gasteiger partial charge in [-0.3, -0.25) is 0 Å². The van der Waals surface area contributed by atoms with E-state index in [0.717, 1.165) is 6.42 Å². The van der Waals surface area contributed by atoms with Crippen LogP contribution in [0.25, 0.3) is 0 Å². The third-order valence-electron chi connectivity index (χ3n) is 1.17. The molecule has 0 aliphatic heterocycles. The Morgan fingerprint density at radius 2 is 1.50 bits per heavy atom. The first kappa shape index (κ1) is 14.4. The second-order valence-corrected chi connectivity index (χ2v) is 2.45. The Bertz CT molecular complexity index is 65.3. The van der Waals surface area contributed by atoms with Crippen LogP contribution in [0.3, 0.4) is 0 Å². The number of aliphatic hydroxyl groups is 3. The molecule has 0 bridgehead atoms. The predicted octanol–water partition coefficient (Wildman–Crippen LogP) is -0.662. The highest BCUT2D eigenvalue weighted by Crippen LogP contribution is 1.81. The van der Waals surface area contributed by atoms with Crippen molar-refractivity contribution in [3.8, 4) is 0 Å². The summed E-state index contributed by atoms with van der Waals surface area (Å²) in [6.45, 7) is 5.14. The van der Waals surface area contributed by atoms with Crippen LogP contribution in [-0.2, 0) is 0 Å². The molecule has 0 aliphatic rings. The standard InChI is InChI=1S/C4H11NO2.C4H10O/c6-3-1-5-2-4-7;1-3-4(2)5/h5-7H,1-4H2;4-5H,3H2,1-2H3. The van der Waals surface area contributed by atoms with Gasteiger partial charge in [0.15, 0.2) is 0 Å². The van der Waals surface area contributed by atoms with Crippen LogP contribution in [-0.4, -0.2) is 47.7 Å². The lowest BCUT2D eigenvalue weighted by molar-refractivity contribution is 0.191. The highest BCUT2D eigenvalue weighted by Gasteiger charge is 1.81. The summed E-state index contributed by atoms with van der Waals surface area (Å²) >= 11 is 0. The number of hydrogen-bond donors (Lipinski definition) is 4. The third kappa shape index (κ3) is 22.5. The SMILES string of the molecule is CCC(C)O.OCCNCCO. The van der Waals surface area contributed by atoms with Crippen molar-refractivity contribution in [1.82, 2.24) is 5.32 Å². The highest BCUT2D eigenvalue weighted by molar-refractivity contribution is 4.39. The van der Waals surface area contributed by atoms with Gasteiger partial charge in [0, 0.05) is 13.1 Å². The molecule has 1 atom stereocenters. The van der Waals surface area contributed by atoms with Gasteiger partial charge in [0.25, 0.3) is 0 Å². The Hall–Kier alpha value is -0.160. The molecule has 1 unspecified atom stereocenters. The summed E-state index contributed by atoms with van der Waals surface area (Å²) in [7, 11) is 0. The van der Waals surface area contributed by atoms with E-state index in [9.17, 15) is 0 Å². The van der Waals surface area contributed by atoms with Crippen LogP contribution in [0.2, 0.25) is 0 Å². The quantitative estimate of drug-likeness (QED) is 0.423. The van der Waals surface area contributed by atoms with Crippen LogP contribution in [0, 0.1) is 0 Å². The minimum atomic E-state index is -0.116. The van der Waals surface area contributed by atoms with Gasteiger partial charge in [-0.05, 0) is 13.3 Å². The molecule has 0 aromatic heterocycles. The van der Waals surface area contributed by atoms with Gasteiger partial charge in [0.2, 0.25) is 0 Å². The fourth-order valence-corrected chi connectivity index (χ4v) is 0.283. The molecule has 0 saturated heterocycles. The van der Waals surface area contributed by atoms with Gasteiger partial charge >= 0.3 is 0 Å². The zero-order valence-electron chi connectivity index (χ0n) is 7.95. The van der Waals surface area contributed by atoms with Crippen molar-refractivity contribution in [3.05, 3.63) is 0 Å². The molecule has 76 valence electrons. The van der Waals surface area contributed by atoms with Gasteiger partial charge in [0.1, 0.15) is 0 Å². The maximum absolute atomic E-state index is 8.36. The second-order valence-electron chi connectivity index (χ2n) is 2.45. The van der Waals surface area contributed by atoms with Gasteiger partial charge in [-0.1, -0.05) is 6.92 Å². The van der Waals surface area contributed by atoms with Crippen LogP contribution in [0.5, 0.6) is 0 Å². The lowest BCUT2D eigenvalue weighted by Crippen LogP contribution is -2.21. The Morgan fingerprint density at radius 3 is 1.67 bits per heavy atom. The summed E-state index contributed by atoms with van der Waals surface area (Å²) in [5.41, 5.74) is 0. The van der Waals surface area contributed by atoms with Crippen molar-refractivity contribution in [3.63, 3.8) is 0 Å². The first-order valence-corrected chi connectivity index (χ1v) is 4.29. The first-order chi connectivity index (χ1) is 5.68. The summed E-state index contributed by atoms with van der Waals surface area (Å²) in [6.07, 6.45) is 0.745. The van der Waals surface area contributed by atoms with Crippen LogP contribution in [0.15, 0.2) is 0 Å². The monoisotopic (exact) mass is 179 g/mol. The van der Waals surface area contributed by atoms with E-state index in [4.69, 9.17) is 15.3 Å². The van der Waals surface area contributed by atoms with Crippen LogP contribution in [0.4, 0.5) is 0 Å². The molecule has 4 N–H and O–H groups in total. The molecule has 4 heteroatoms. The lowest BCUT2D eigenvalue weighted by Gasteiger charge is -1.94. The summed E-state index contributed by atoms with van der Waals surface area (Å²) in [5, 5.41) is 27.4. The summed E-state index contributed by atoms with van der Waals surface area (Å²) in [5.74, 6) is 0. The molecule has 0 fully saturated rings. The van der Waals surface area contributed by atoms with Gasteiger partial charge in [-0.15, -0.1) is 0 Å². The minimum Gasteiger partial charge on any atom is -0.395 e. The van der Waals surface area contributed by atoms with Crippen molar-refractivity contribution in [2.24, 2.45) is 0 Å². The normalized spacial score (nSPS) is 11.8. The third-order valence-corrected chi connectivity index (χ3v) is 1.17. The summed E-state index contributed by atoms with van der Waals surface area (Å²) in [4.78, 5) is 0. The zero-order chi connectivity index (χ0) is 9.82. The highest BCUT2D eigenvalue weighted by atomic mass is 16.3. The molecule has 0 aromatic rings. The molecule has 0 heterocycles. The maximum atomic E-state index is 8.36. The van der Waals surface area contributed by atoms with Crippen molar-refractivity contribution in [2.45, 2.75) is 26.4 Å². The molecule has 0 spiro atoms. The van der Waals surface area contributed by atoms with Gasteiger partial charge in [-0.25, -0.2) is 0 Å². The van der Waals surface area contributed by atoms with E-state index >= 15 is 0 Å². The van der Waals surface area contributed by atoms with E-state index in [0.29, 0.717) is 13.1 Å². The Morgan fingerprint density at radius 1 is 1.17 bits per heavy atom. The predicted molar refractivity (Wildman–Crippen MR) is 49.0 cm³/mol. The van der Waals surface area contributed by atoms with Crippen molar-refractivity contribution < 1.29 is 15.3 Å². The Labute approximate surface area is 74.2 Å². The lowest BCUT2D eigenvalue weighted by atomic mass is 10.3. The number of rotatable bonds is 5. The molecule has 0 rings (SSSR count). The van der Waals surface area contributed by atoms with Crippen LogP contribution < -0.4 is 5.32 Å². The van der Waals surface area contributed by atoms with Crippen molar-refractivity contribution >= 4 is 0 Å². The molecular formula is C8H21NO3. The topological polar surface area (TPSA) is 72.7 Å². The first-order valence-electron chi connectivity index (χ1n) is 4.29. The molecule has 0 amide bonds. The molecular weight excluding hydrogens is 158 g/mol. The maximum Gasteiger partial charge on any atom is 0.0555 e. The van der Waals surface area contributed by atoms with E-state index in [1.807, 2.05) is 6.92 Å². The van der Waals surface area contributed by atoms with E-state index in [2.05, 4.69) is 5.32 Å². The van der Waals surface area contributed by atoms with E-state index in [1.165, 1.54) is 0 Å². The van der Waals surface area contributed by atoms with Gasteiger partial charge in [0.05, 0.1) is 19.3 Å². The molecule has 0 aromatic carbocycles. The zero-order valence-corrected chi connectivity index (χ0v) is 7.95. The van der Waals surface area contributed by atoms with E-state index < -0.39 is 0 Å². The molecule has 0 aliphatic carbocycles.